The molecule has 0 heterocycles. The summed E-state index contributed by atoms with van der Waals surface area (Å²) in [4.78, 5) is 0. The van der Waals surface area contributed by atoms with E-state index >= 15 is 0 Å². The van der Waals surface area contributed by atoms with Gasteiger partial charge in [0.15, 0.2) is 0 Å². The third-order valence-electron chi connectivity index (χ3n) is 1.61. The molecule has 5 heteroatoms. The van der Waals surface area contributed by atoms with E-state index in [4.69, 9.17) is 17.7 Å². The van der Waals surface area contributed by atoms with E-state index in [0.29, 0.717) is 6.61 Å². The lowest BCUT2D eigenvalue weighted by molar-refractivity contribution is -0.133. The topological polar surface area (TPSA) is 36.9 Å². The van der Waals surface area contributed by atoms with Crippen LogP contribution in [0.2, 0.25) is 0 Å². The molecule has 0 saturated heterocycles. The van der Waals surface area contributed by atoms with Crippen molar-refractivity contribution in [3.8, 4) is 0 Å². The van der Waals surface area contributed by atoms with Gasteiger partial charge in [0.2, 0.25) is 0 Å². The third kappa shape index (κ3) is 9.57. The zero-order chi connectivity index (χ0) is 15.5. The lowest BCUT2D eigenvalue weighted by Gasteiger charge is -2.41. The van der Waals surface area contributed by atoms with E-state index in [1.807, 2.05) is 69.2 Å². The Morgan fingerprint density at radius 1 is 0.632 bits per heavy atom. The van der Waals surface area contributed by atoms with Crippen molar-refractivity contribution in [3.05, 3.63) is 0 Å². The summed E-state index contributed by atoms with van der Waals surface area (Å²) in [6.07, 6.45) is 0. The van der Waals surface area contributed by atoms with Crippen LogP contribution in [0.25, 0.3) is 0 Å². The molecule has 0 aliphatic carbocycles. The highest BCUT2D eigenvalue weighted by atomic mass is 28.4. The van der Waals surface area contributed by atoms with Crippen LogP contribution in [0, 0.1) is 0 Å². The summed E-state index contributed by atoms with van der Waals surface area (Å²) in [6.45, 7) is 20.2. The summed E-state index contributed by atoms with van der Waals surface area (Å²) < 4.78 is 24.1. The zero-order valence-electron chi connectivity index (χ0n) is 14.3. The molecule has 0 bridgehead atoms. The zero-order valence-corrected chi connectivity index (χ0v) is 15.3. The molecule has 0 atom stereocenters. The molecular weight excluding hydrogens is 260 g/mol. The quantitative estimate of drug-likeness (QED) is 0.720. The SMILES string of the molecule is CCO[Si](OC(C)(C)C)(OC(C)(C)C)OC(C)(C)C. The standard InChI is InChI=1S/C14H32O4Si/c1-11-15-19(16-12(2,3)4,17-13(5,6)7)18-14(8,9)10/h11H2,1-10H3. The first-order valence-corrected chi connectivity index (χ1v) is 8.56. The fourth-order valence-corrected chi connectivity index (χ4v) is 4.36. The van der Waals surface area contributed by atoms with Crippen molar-refractivity contribution >= 4 is 9.05 Å². The molecule has 4 nitrogen and oxygen atoms in total. The first kappa shape index (κ1) is 19.1. The number of rotatable bonds is 5. The van der Waals surface area contributed by atoms with Crippen molar-refractivity contribution in [3.63, 3.8) is 0 Å². The highest BCUT2D eigenvalue weighted by Gasteiger charge is 2.53. The molecule has 0 unspecified atom stereocenters. The molecule has 0 rings (SSSR count). The van der Waals surface area contributed by atoms with Crippen molar-refractivity contribution in [2.45, 2.75) is 86.0 Å². The highest BCUT2D eigenvalue weighted by molar-refractivity contribution is 6.54. The minimum absolute atomic E-state index is 0.391. The van der Waals surface area contributed by atoms with Gasteiger partial charge in [0.25, 0.3) is 0 Å². The van der Waals surface area contributed by atoms with E-state index in [2.05, 4.69) is 0 Å². The third-order valence-corrected chi connectivity index (χ3v) is 4.84. The van der Waals surface area contributed by atoms with Gasteiger partial charge in [-0.2, -0.15) is 0 Å². The summed E-state index contributed by atoms with van der Waals surface area (Å²) in [5, 5.41) is 0. The van der Waals surface area contributed by atoms with E-state index in [-0.39, 0.29) is 0 Å². The summed E-state index contributed by atoms with van der Waals surface area (Å²) in [5.41, 5.74) is -1.17. The predicted molar refractivity (Wildman–Crippen MR) is 79.9 cm³/mol. The fraction of sp³-hybridized carbons (Fsp3) is 1.00. The smallest absolute Gasteiger partial charge is 0.351 e. The molecule has 0 spiro atoms. The van der Waals surface area contributed by atoms with Gasteiger partial charge in [-0.3, -0.25) is 0 Å². The summed E-state index contributed by atoms with van der Waals surface area (Å²) in [5.74, 6) is 0. The van der Waals surface area contributed by atoms with Crippen molar-refractivity contribution in [2.75, 3.05) is 6.61 Å². The largest absolute Gasteiger partial charge is 0.680 e. The molecule has 0 aliphatic heterocycles. The maximum Gasteiger partial charge on any atom is 0.680 e. The van der Waals surface area contributed by atoms with Crippen LogP contribution < -0.4 is 0 Å². The van der Waals surface area contributed by atoms with E-state index in [9.17, 15) is 0 Å². The molecular formula is C14H32O4Si. The van der Waals surface area contributed by atoms with Gasteiger partial charge in [-0.1, -0.05) is 0 Å². The first-order valence-electron chi connectivity index (χ1n) is 6.92. The normalized spacial score (nSPS) is 14.8. The first-order chi connectivity index (χ1) is 8.18. The van der Waals surface area contributed by atoms with Crippen LogP contribution in [-0.4, -0.2) is 32.5 Å². The van der Waals surface area contributed by atoms with Gasteiger partial charge in [0.05, 0.1) is 16.8 Å². The van der Waals surface area contributed by atoms with Crippen LogP contribution in [0.4, 0.5) is 0 Å². The van der Waals surface area contributed by atoms with Crippen molar-refractivity contribution in [2.24, 2.45) is 0 Å². The van der Waals surface area contributed by atoms with Gasteiger partial charge in [0, 0.05) is 6.61 Å². The summed E-state index contributed by atoms with van der Waals surface area (Å²) in [7, 11) is -3.20. The summed E-state index contributed by atoms with van der Waals surface area (Å²) in [6, 6.07) is 0. The van der Waals surface area contributed by atoms with Crippen LogP contribution in [0.5, 0.6) is 0 Å². The monoisotopic (exact) mass is 292 g/mol. The Morgan fingerprint density at radius 3 is 1.05 bits per heavy atom. The average Bonchev–Trinajstić information content (AvgIpc) is 1.90. The van der Waals surface area contributed by atoms with E-state index in [1.165, 1.54) is 0 Å². The molecule has 0 aromatic rings. The van der Waals surface area contributed by atoms with Gasteiger partial charge in [-0.05, 0) is 69.2 Å². The Kier molecular flexibility index (Phi) is 6.24. The maximum absolute atomic E-state index is 6.09. The minimum Gasteiger partial charge on any atom is -0.351 e. The Morgan fingerprint density at radius 2 is 0.895 bits per heavy atom. The Balaban J connectivity index is 5.34. The molecule has 0 saturated carbocycles. The van der Waals surface area contributed by atoms with Crippen LogP contribution in [-0.2, 0) is 17.7 Å². The molecule has 0 aromatic carbocycles. The van der Waals surface area contributed by atoms with E-state index in [0.717, 1.165) is 0 Å². The molecule has 0 amide bonds. The highest BCUT2D eigenvalue weighted by Crippen LogP contribution is 2.29. The Hall–Kier alpha value is 0.0569. The Bertz CT molecular complexity index is 230. The molecule has 0 radical (unpaired) electrons. The summed E-state index contributed by atoms with van der Waals surface area (Å²) >= 11 is 0. The molecule has 19 heavy (non-hydrogen) atoms. The Labute approximate surface area is 120 Å². The van der Waals surface area contributed by atoms with Crippen LogP contribution in [0.1, 0.15) is 69.2 Å². The molecule has 0 aliphatic rings. The second-order valence-corrected chi connectivity index (χ2v) is 9.48. The van der Waals surface area contributed by atoms with Gasteiger partial charge in [-0.15, -0.1) is 0 Å². The fourth-order valence-electron chi connectivity index (χ4n) is 1.45. The van der Waals surface area contributed by atoms with Gasteiger partial charge < -0.3 is 17.7 Å². The van der Waals surface area contributed by atoms with E-state index in [1.54, 1.807) is 0 Å². The van der Waals surface area contributed by atoms with Gasteiger partial charge >= 0.3 is 9.05 Å². The van der Waals surface area contributed by atoms with Crippen LogP contribution >= 0.6 is 0 Å². The van der Waals surface area contributed by atoms with Crippen molar-refractivity contribution in [1.82, 2.24) is 0 Å². The average molecular weight is 292 g/mol. The van der Waals surface area contributed by atoms with Crippen molar-refractivity contribution in [1.29, 1.82) is 0 Å². The predicted octanol–water partition coefficient (Wildman–Crippen LogP) is 3.90. The second kappa shape index (κ2) is 6.22. The second-order valence-electron chi connectivity index (χ2n) is 7.58. The maximum atomic E-state index is 6.09. The number of hydrogen-bond acceptors (Lipinski definition) is 4. The van der Waals surface area contributed by atoms with Crippen LogP contribution in [0.3, 0.4) is 0 Å². The molecule has 116 valence electrons. The van der Waals surface area contributed by atoms with E-state index < -0.39 is 25.9 Å². The van der Waals surface area contributed by atoms with Gasteiger partial charge in [0.1, 0.15) is 0 Å². The number of hydrogen-bond donors (Lipinski definition) is 0. The lowest BCUT2D eigenvalue weighted by atomic mass is 10.2. The minimum atomic E-state index is -3.20. The van der Waals surface area contributed by atoms with Crippen molar-refractivity contribution < 1.29 is 17.7 Å². The lowest BCUT2D eigenvalue weighted by Crippen LogP contribution is -2.59. The molecule has 0 N–H and O–H groups in total. The molecule has 0 aromatic heterocycles. The van der Waals surface area contributed by atoms with Gasteiger partial charge in [-0.25, -0.2) is 0 Å². The van der Waals surface area contributed by atoms with Crippen LogP contribution in [0.15, 0.2) is 0 Å². The molecule has 0 fully saturated rings.